The number of hydrogen-bond donors (Lipinski definition) is 3. The van der Waals surface area contributed by atoms with Crippen molar-refractivity contribution in [1.29, 1.82) is 0 Å². The second kappa shape index (κ2) is 12.4. The number of pyridine rings is 2. The summed E-state index contributed by atoms with van der Waals surface area (Å²) in [5, 5.41) is 12.4. The SMILES string of the molecule is CN(C)C(=O)/C=C/CC[C@H](O)C(=O)Nc1ccc(Cl)n(Cc2nc3c(F)cnc(CCC(F)(F)F)c3[nH]2)c1=O. The largest absolute Gasteiger partial charge is 0.389 e. The number of aromatic amines is 1. The van der Waals surface area contributed by atoms with Gasteiger partial charge in [-0.25, -0.2) is 9.37 Å². The highest BCUT2D eigenvalue weighted by Crippen LogP contribution is 2.25. The summed E-state index contributed by atoms with van der Waals surface area (Å²) in [7, 11) is 3.15. The van der Waals surface area contributed by atoms with Crippen LogP contribution in [-0.4, -0.2) is 67.7 Å². The van der Waals surface area contributed by atoms with Crippen LogP contribution in [0.15, 0.2) is 35.3 Å². The fourth-order valence-electron chi connectivity index (χ4n) is 3.47. The van der Waals surface area contributed by atoms with Gasteiger partial charge in [0, 0.05) is 26.9 Å². The summed E-state index contributed by atoms with van der Waals surface area (Å²) < 4.78 is 53.3. The fourth-order valence-corrected chi connectivity index (χ4v) is 3.67. The Labute approximate surface area is 224 Å². The molecule has 0 saturated heterocycles. The van der Waals surface area contributed by atoms with E-state index < -0.39 is 42.4 Å². The molecule has 2 amide bonds. The molecule has 3 rings (SSSR count). The first kappa shape index (κ1) is 29.8. The van der Waals surface area contributed by atoms with Gasteiger partial charge in [0.2, 0.25) is 5.91 Å². The Morgan fingerprint density at radius 1 is 1.31 bits per heavy atom. The van der Waals surface area contributed by atoms with Gasteiger partial charge in [0.15, 0.2) is 5.82 Å². The number of aliphatic hydroxyl groups excluding tert-OH is 1. The van der Waals surface area contributed by atoms with Crippen LogP contribution in [0.5, 0.6) is 0 Å². The van der Waals surface area contributed by atoms with Crippen molar-refractivity contribution in [3.63, 3.8) is 0 Å². The van der Waals surface area contributed by atoms with E-state index in [1.807, 2.05) is 0 Å². The monoisotopic (exact) mass is 572 g/mol. The van der Waals surface area contributed by atoms with Crippen LogP contribution in [0, 0.1) is 5.82 Å². The fraction of sp³-hybridized carbons (Fsp3) is 0.375. The molecular weight excluding hydrogens is 548 g/mol. The maximum absolute atomic E-state index is 14.3. The van der Waals surface area contributed by atoms with Crippen molar-refractivity contribution >= 4 is 40.1 Å². The molecule has 3 N–H and O–H groups in total. The molecule has 0 fully saturated rings. The first-order valence-corrected chi connectivity index (χ1v) is 12.0. The van der Waals surface area contributed by atoms with E-state index in [0.29, 0.717) is 0 Å². The van der Waals surface area contributed by atoms with E-state index in [-0.39, 0.29) is 58.7 Å². The standard InChI is InChI=1S/C24H25ClF4N6O4/c1-34(2)19(37)6-4-3-5-16(36)22(38)31-15-7-8-17(25)35(23(15)39)12-18-32-20-13(26)11-30-14(21(20)33-18)9-10-24(27,28)29/h4,6-8,11,16,36H,3,5,9-10,12H2,1-2H3,(H,31,38)(H,32,33)/b6-4+/t16-/m0/s1. The number of fused-ring (bicyclic) bond motifs is 1. The Kier molecular flexibility index (Phi) is 9.45. The molecule has 3 aromatic heterocycles. The lowest BCUT2D eigenvalue weighted by atomic mass is 10.1. The van der Waals surface area contributed by atoms with Gasteiger partial charge in [-0.2, -0.15) is 13.2 Å². The number of rotatable bonds is 10. The summed E-state index contributed by atoms with van der Waals surface area (Å²) in [5.41, 5.74) is -1.30. The Bertz CT molecular complexity index is 1450. The third kappa shape index (κ3) is 7.86. The number of aromatic nitrogens is 4. The molecular formula is C24H25ClF4N6O4. The van der Waals surface area contributed by atoms with Crippen LogP contribution in [0.3, 0.4) is 0 Å². The minimum absolute atomic E-state index is 0.0109. The highest BCUT2D eigenvalue weighted by atomic mass is 35.5. The van der Waals surface area contributed by atoms with Crippen molar-refractivity contribution in [3.05, 3.63) is 63.3 Å². The lowest BCUT2D eigenvalue weighted by Crippen LogP contribution is -2.32. The van der Waals surface area contributed by atoms with Crippen LogP contribution in [0.1, 0.15) is 30.8 Å². The van der Waals surface area contributed by atoms with Gasteiger partial charge in [0.25, 0.3) is 11.5 Å². The third-order valence-corrected chi connectivity index (χ3v) is 5.87. The molecule has 39 heavy (non-hydrogen) atoms. The Hall–Kier alpha value is -3.78. The highest BCUT2D eigenvalue weighted by molar-refractivity contribution is 6.29. The molecule has 0 aromatic carbocycles. The van der Waals surface area contributed by atoms with Gasteiger partial charge in [0.1, 0.15) is 28.3 Å². The average molecular weight is 573 g/mol. The number of carbonyl (C=O) groups excluding carboxylic acids is 2. The molecule has 0 aliphatic rings. The molecule has 0 saturated carbocycles. The highest BCUT2D eigenvalue weighted by Gasteiger charge is 2.28. The predicted molar refractivity (Wildman–Crippen MR) is 135 cm³/mol. The van der Waals surface area contributed by atoms with Crippen LogP contribution < -0.4 is 10.9 Å². The van der Waals surface area contributed by atoms with E-state index in [1.54, 1.807) is 14.1 Å². The van der Waals surface area contributed by atoms with E-state index in [1.165, 1.54) is 29.2 Å². The molecule has 210 valence electrons. The van der Waals surface area contributed by atoms with Crippen molar-refractivity contribution in [1.82, 2.24) is 24.4 Å². The Balaban J connectivity index is 1.76. The first-order valence-electron chi connectivity index (χ1n) is 11.6. The van der Waals surface area contributed by atoms with Crippen LogP contribution in [0.25, 0.3) is 11.0 Å². The van der Waals surface area contributed by atoms with Crippen LogP contribution in [0.2, 0.25) is 5.15 Å². The molecule has 10 nitrogen and oxygen atoms in total. The van der Waals surface area contributed by atoms with Crippen molar-refractivity contribution in [2.24, 2.45) is 0 Å². The van der Waals surface area contributed by atoms with Crippen LogP contribution >= 0.6 is 11.6 Å². The lowest BCUT2D eigenvalue weighted by Gasteiger charge is -2.13. The zero-order chi connectivity index (χ0) is 28.9. The van der Waals surface area contributed by atoms with Crippen molar-refractivity contribution in [2.75, 3.05) is 19.4 Å². The summed E-state index contributed by atoms with van der Waals surface area (Å²) in [6, 6.07) is 2.54. The van der Waals surface area contributed by atoms with E-state index >= 15 is 0 Å². The molecule has 0 radical (unpaired) electrons. The Morgan fingerprint density at radius 3 is 2.69 bits per heavy atom. The van der Waals surface area contributed by atoms with Gasteiger partial charge in [-0.05, 0) is 31.1 Å². The minimum Gasteiger partial charge on any atom is -0.383 e. The molecule has 0 bridgehead atoms. The summed E-state index contributed by atoms with van der Waals surface area (Å²) in [5.74, 6) is -1.97. The molecule has 0 aliphatic heterocycles. The van der Waals surface area contributed by atoms with Crippen molar-refractivity contribution in [3.8, 4) is 0 Å². The van der Waals surface area contributed by atoms with Gasteiger partial charge in [0.05, 0.1) is 24.0 Å². The molecule has 1 atom stereocenters. The smallest absolute Gasteiger partial charge is 0.383 e. The molecule has 3 aromatic rings. The van der Waals surface area contributed by atoms with Gasteiger partial charge in [-0.3, -0.25) is 23.9 Å². The van der Waals surface area contributed by atoms with Gasteiger partial charge >= 0.3 is 6.18 Å². The summed E-state index contributed by atoms with van der Waals surface area (Å²) in [6.07, 6.45) is -3.79. The van der Waals surface area contributed by atoms with E-state index in [2.05, 4.69) is 20.3 Å². The molecule has 3 heterocycles. The number of allylic oxidation sites excluding steroid dienone is 1. The summed E-state index contributed by atoms with van der Waals surface area (Å²) >= 11 is 6.15. The maximum Gasteiger partial charge on any atom is 0.389 e. The number of nitrogens with one attached hydrogen (secondary N) is 2. The quantitative estimate of drug-likeness (QED) is 0.194. The number of carbonyl (C=O) groups is 2. The average Bonchev–Trinajstić information content (AvgIpc) is 3.29. The number of imidazole rings is 1. The summed E-state index contributed by atoms with van der Waals surface area (Å²) in [6.45, 7) is -0.332. The zero-order valence-corrected chi connectivity index (χ0v) is 21.6. The van der Waals surface area contributed by atoms with Gasteiger partial charge in [-0.1, -0.05) is 17.7 Å². The van der Waals surface area contributed by atoms with Crippen LogP contribution in [0.4, 0.5) is 23.2 Å². The number of halogens is 5. The number of anilines is 1. The molecule has 0 aliphatic carbocycles. The third-order valence-electron chi connectivity index (χ3n) is 5.54. The lowest BCUT2D eigenvalue weighted by molar-refractivity contribution is -0.134. The number of H-pyrrole nitrogens is 1. The number of aliphatic hydroxyl groups is 1. The van der Waals surface area contributed by atoms with Crippen molar-refractivity contribution < 1.29 is 32.3 Å². The topological polar surface area (TPSA) is 133 Å². The van der Waals surface area contributed by atoms with Crippen LogP contribution in [-0.2, 0) is 22.6 Å². The number of aryl methyl sites for hydroxylation is 1. The van der Waals surface area contributed by atoms with E-state index in [9.17, 15) is 37.1 Å². The molecule has 15 heteroatoms. The van der Waals surface area contributed by atoms with Gasteiger partial charge < -0.3 is 20.3 Å². The number of hydrogen-bond acceptors (Lipinski definition) is 6. The predicted octanol–water partition coefficient (Wildman–Crippen LogP) is 3.18. The van der Waals surface area contributed by atoms with E-state index in [0.717, 1.165) is 10.8 Å². The number of amides is 2. The van der Waals surface area contributed by atoms with Gasteiger partial charge in [-0.15, -0.1) is 0 Å². The number of alkyl halides is 3. The normalized spacial score (nSPS) is 12.7. The molecule has 0 unspecified atom stereocenters. The summed E-state index contributed by atoms with van der Waals surface area (Å²) in [4.78, 5) is 48.7. The van der Waals surface area contributed by atoms with Crippen molar-refractivity contribution in [2.45, 2.75) is 44.5 Å². The number of likely N-dealkylation sites (N-methyl/N-ethyl adjacent to an activating group) is 1. The molecule has 0 spiro atoms. The maximum atomic E-state index is 14.3. The zero-order valence-electron chi connectivity index (χ0n) is 20.9. The van der Waals surface area contributed by atoms with E-state index in [4.69, 9.17) is 11.6 Å². The second-order valence-electron chi connectivity index (χ2n) is 8.75. The number of nitrogens with zero attached hydrogens (tertiary/aromatic N) is 4. The minimum atomic E-state index is -4.44. The Morgan fingerprint density at radius 2 is 2.03 bits per heavy atom. The second-order valence-corrected chi connectivity index (χ2v) is 9.14. The first-order chi connectivity index (χ1) is 18.3.